The van der Waals surface area contributed by atoms with Gasteiger partial charge in [0.15, 0.2) is 0 Å². The Kier molecular flexibility index (Phi) is 3.49. The van der Waals surface area contributed by atoms with Crippen LogP contribution in [0.5, 0.6) is 0 Å². The number of hydrogen-bond donors (Lipinski definition) is 0. The highest BCUT2D eigenvalue weighted by atomic mass is 14.7. The lowest BCUT2D eigenvalue weighted by Gasteiger charge is -2.06. The molecule has 21 heavy (non-hydrogen) atoms. The Hall–Kier alpha value is -2.92. The first-order valence-electron chi connectivity index (χ1n) is 6.80. The van der Waals surface area contributed by atoms with Crippen molar-refractivity contribution in [3.63, 3.8) is 0 Å². The standard InChI is InChI=1S/C19H14N2/c1-14-9-10-21-19(11-14)18-4-2-3-17(12-18)16-7-5-15(13-20)6-8-16/h2-12H,1H3. The van der Waals surface area contributed by atoms with Gasteiger partial charge < -0.3 is 0 Å². The van der Waals surface area contributed by atoms with E-state index in [2.05, 4.69) is 42.2 Å². The molecular weight excluding hydrogens is 256 g/mol. The molecule has 3 aromatic rings. The lowest BCUT2D eigenvalue weighted by atomic mass is 10.0. The molecule has 0 unspecified atom stereocenters. The average molecular weight is 270 g/mol. The summed E-state index contributed by atoms with van der Waals surface area (Å²) in [7, 11) is 0. The number of nitrogens with zero attached hydrogens (tertiary/aromatic N) is 2. The van der Waals surface area contributed by atoms with Gasteiger partial charge in [-0.3, -0.25) is 4.98 Å². The van der Waals surface area contributed by atoms with E-state index in [9.17, 15) is 0 Å². The van der Waals surface area contributed by atoms with Crippen LogP contribution in [-0.2, 0) is 0 Å². The van der Waals surface area contributed by atoms with E-state index in [4.69, 9.17) is 5.26 Å². The second-order valence-electron chi connectivity index (χ2n) is 4.99. The van der Waals surface area contributed by atoms with Crippen LogP contribution in [0.25, 0.3) is 22.4 Å². The van der Waals surface area contributed by atoms with Crippen molar-refractivity contribution in [1.29, 1.82) is 5.26 Å². The molecule has 0 aliphatic rings. The summed E-state index contributed by atoms with van der Waals surface area (Å²) < 4.78 is 0. The second kappa shape index (κ2) is 5.60. The Morgan fingerprint density at radius 2 is 1.62 bits per heavy atom. The van der Waals surface area contributed by atoms with Gasteiger partial charge in [-0.15, -0.1) is 0 Å². The summed E-state index contributed by atoms with van der Waals surface area (Å²) in [6.07, 6.45) is 1.83. The van der Waals surface area contributed by atoms with Crippen molar-refractivity contribution in [2.75, 3.05) is 0 Å². The van der Waals surface area contributed by atoms with E-state index in [1.165, 1.54) is 5.56 Å². The topological polar surface area (TPSA) is 36.7 Å². The van der Waals surface area contributed by atoms with Crippen molar-refractivity contribution < 1.29 is 0 Å². The molecule has 3 rings (SSSR count). The predicted molar refractivity (Wildman–Crippen MR) is 84.6 cm³/mol. The third-order valence-electron chi connectivity index (χ3n) is 3.42. The Morgan fingerprint density at radius 3 is 2.33 bits per heavy atom. The molecule has 0 radical (unpaired) electrons. The zero-order chi connectivity index (χ0) is 14.7. The van der Waals surface area contributed by atoms with Gasteiger partial charge in [-0.05, 0) is 53.9 Å². The highest BCUT2D eigenvalue weighted by molar-refractivity contribution is 5.71. The summed E-state index contributed by atoms with van der Waals surface area (Å²) in [4.78, 5) is 4.43. The van der Waals surface area contributed by atoms with Crippen LogP contribution in [0.4, 0.5) is 0 Å². The molecule has 2 aromatic carbocycles. The van der Waals surface area contributed by atoms with Crippen LogP contribution in [0.1, 0.15) is 11.1 Å². The molecule has 2 nitrogen and oxygen atoms in total. The van der Waals surface area contributed by atoms with Crippen LogP contribution < -0.4 is 0 Å². The zero-order valence-electron chi connectivity index (χ0n) is 11.7. The summed E-state index contributed by atoms with van der Waals surface area (Å²) in [5.41, 5.74) is 6.17. The molecule has 0 fully saturated rings. The maximum Gasteiger partial charge on any atom is 0.0991 e. The first-order chi connectivity index (χ1) is 10.3. The maximum atomic E-state index is 8.86. The van der Waals surface area contributed by atoms with Gasteiger partial charge >= 0.3 is 0 Å². The molecule has 0 saturated heterocycles. The minimum atomic E-state index is 0.676. The molecule has 1 heterocycles. The molecule has 0 atom stereocenters. The highest BCUT2D eigenvalue weighted by Gasteiger charge is 2.03. The Bertz CT molecular complexity index is 811. The maximum absolute atomic E-state index is 8.86. The first kappa shape index (κ1) is 13.1. The second-order valence-corrected chi connectivity index (χ2v) is 4.99. The molecule has 0 aliphatic carbocycles. The minimum absolute atomic E-state index is 0.676. The van der Waals surface area contributed by atoms with Crippen molar-refractivity contribution in [2.45, 2.75) is 6.92 Å². The van der Waals surface area contributed by atoms with Gasteiger partial charge in [-0.1, -0.05) is 30.3 Å². The Morgan fingerprint density at radius 1 is 0.857 bits per heavy atom. The fourth-order valence-corrected chi connectivity index (χ4v) is 2.29. The Labute approximate surface area is 124 Å². The van der Waals surface area contributed by atoms with Crippen molar-refractivity contribution in [3.8, 4) is 28.5 Å². The van der Waals surface area contributed by atoms with E-state index in [0.29, 0.717) is 5.56 Å². The Balaban J connectivity index is 2.01. The van der Waals surface area contributed by atoms with Crippen LogP contribution in [0.2, 0.25) is 0 Å². The molecule has 0 spiro atoms. The number of rotatable bonds is 2. The third-order valence-corrected chi connectivity index (χ3v) is 3.42. The summed E-state index contributed by atoms with van der Waals surface area (Å²) in [5, 5.41) is 8.86. The number of nitriles is 1. The average Bonchev–Trinajstić information content (AvgIpc) is 2.55. The van der Waals surface area contributed by atoms with Crippen LogP contribution in [0.15, 0.2) is 66.9 Å². The fraction of sp³-hybridized carbons (Fsp3) is 0.0526. The van der Waals surface area contributed by atoms with Crippen LogP contribution in [0, 0.1) is 18.3 Å². The molecule has 1 aromatic heterocycles. The third kappa shape index (κ3) is 2.82. The summed E-state index contributed by atoms with van der Waals surface area (Å²) in [6.45, 7) is 2.07. The van der Waals surface area contributed by atoms with Gasteiger partial charge in [0.25, 0.3) is 0 Å². The number of benzene rings is 2. The molecule has 0 bridgehead atoms. The molecule has 0 amide bonds. The van der Waals surface area contributed by atoms with E-state index >= 15 is 0 Å². The smallest absolute Gasteiger partial charge is 0.0991 e. The SMILES string of the molecule is Cc1ccnc(-c2cccc(-c3ccc(C#N)cc3)c2)c1. The molecule has 0 saturated carbocycles. The molecule has 0 aliphatic heterocycles. The van der Waals surface area contributed by atoms with Crippen molar-refractivity contribution in [1.82, 2.24) is 4.98 Å². The van der Waals surface area contributed by atoms with Gasteiger partial charge in [-0.2, -0.15) is 5.26 Å². The van der Waals surface area contributed by atoms with Crippen LogP contribution in [-0.4, -0.2) is 4.98 Å². The number of pyridine rings is 1. The summed E-state index contributed by atoms with van der Waals surface area (Å²) >= 11 is 0. The normalized spacial score (nSPS) is 10.1. The van der Waals surface area contributed by atoms with Crippen LogP contribution in [0.3, 0.4) is 0 Å². The van der Waals surface area contributed by atoms with Gasteiger partial charge in [-0.25, -0.2) is 0 Å². The first-order valence-corrected chi connectivity index (χ1v) is 6.80. The molecule has 100 valence electrons. The lowest BCUT2D eigenvalue weighted by molar-refractivity contribution is 1.29. The van der Waals surface area contributed by atoms with E-state index in [1.54, 1.807) is 0 Å². The monoisotopic (exact) mass is 270 g/mol. The number of aryl methyl sites for hydroxylation is 1. The molecule has 0 N–H and O–H groups in total. The van der Waals surface area contributed by atoms with Crippen molar-refractivity contribution >= 4 is 0 Å². The van der Waals surface area contributed by atoms with Gasteiger partial charge in [0.2, 0.25) is 0 Å². The molecule has 2 heteroatoms. The van der Waals surface area contributed by atoms with E-state index < -0.39 is 0 Å². The lowest BCUT2D eigenvalue weighted by Crippen LogP contribution is -1.86. The highest BCUT2D eigenvalue weighted by Crippen LogP contribution is 2.25. The number of aromatic nitrogens is 1. The quantitative estimate of drug-likeness (QED) is 0.682. The fourth-order valence-electron chi connectivity index (χ4n) is 2.29. The van der Waals surface area contributed by atoms with Gasteiger partial charge in [0.1, 0.15) is 0 Å². The largest absolute Gasteiger partial charge is 0.256 e. The molecular formula is C19H14N2. The van der Waals surface area contributed by atoms with E-state index in [0.717, 1.165) is 22.4 Å². The zero-order valence-corrected chi connectivity index (χ0v) is 11.7. The van der Waals surface area contributed by atoms with Gasteiger partial charge in [0, 0.05) is 11.8 Å². The predicted octanol–water partition coefficient (Wildman–Crippen LogP) is 4.60. The van der Waals surface area contributed by atoms with E-state index in [1.807, 2.05) is 42.6 Å². The van der Waals surface area contributed by atoms with Crippen molar-refractivity contribution in [2.24, 2.45) is 0 Å². The summed E-state index contributed by atoms with van der Waals surface area (Å²) in [5.74, 6) is 0. The van der Waals surface area contributed by atoms with Crippen molar-refractivity contribution in [3.05, 3.63) is 78.0 Å². The summed E-state index contributed by atoms with van der Waals surface area (Å²) in [6, 6.07) is 22.1. The van der Waals surface area contributed by atoms with Crippen LogP contribution >= 0.6 is 0 Å². The minimum Gasteiger partial charge on any atom is -0.256 e. The van der Waals surface area contributed by atoms with Gasteiger partial charge in [0.05, 0.1) is 17.3 Å². The van der Waals surface area contributed by atoms with E-state index in [-0.39, 0.29) is 0 Å². The number of hydrogen-bond acceptors (Lipinski definition) is 2.